The summed E-state index contributed by atoms with van der Waals surface area (Å²) in [5, 5.41) is 0. The van der Waals surface area contributed by atoms with Crippen molar-refractivity contribution >= 4 is 11.9 Å². The molecule has 8 bridgehead atoms. The van der Waals surface area contributed by atoms with Crippen molar-refractivity contribution in [2.24, 2.45) is 64.1 Å². The van der Waals surface area contributed by atoms with E-state index in [4.69, 9.17) is 9.47 Å². The van der Waals surface area contributed by atoms with Gasteiger partial charge in [0.05, 0.1) is 0 Å². The summed E-state index contributed by atoms with van der Waals surface area (Å²) in [6.07, 6.45) is 23.4. The van der Waals surface area contributed by atoms with Gasteiger partial charge in [0, 0.05) is 23.5 Å². The summed E-state index contributed by atoms with van der Waals surface area (Å²) >= 11 is 0. The summed E-state index contributed by atoms with van der Waals surface area (Å²) in [7, 11) is 0. The highest BCUT2D eigenvalue weighted by Gasteiger charge is 2.70. The lowest BCUT2D eigenvalue weighted by molar-refractivity contribution is -0.269. The van der Waals surface area contributed by atoms with Crippen molar-refractivity contribution in [2.75, 3.05) is 0 Å². The van der Waals surface area contributed by atoms with Crippen LogP contribution < -0.4 is 0 Å². The molecule has 0 aliphatic heterocycles. The van der Waals surface area contributed by atoms with Crippen LogP contribution in [0.1, 0.15) is 129 Å². The Morgan fingerprint density at radius 2 is 1.22 bits per heavy atom. The first-order valence-electron chi connectivity index (χ1n) is 18.9. The Hall–Kier alpha value is -1.84. The van der Waals surface area contributed by atoms with Gasteiger partial charge < -0.3 is 9.47 Å². The normalized spacial score (nSPS) is 50.0. The second-order valence-electron chi connectivity index (χ2n) is 18.3. The van der Waals surface area contributed by atoms with Crippen LogP contribution in [0.25, 0.3) is 0 Å². The predicted octanol–water partition coefficient (Wildman–Crippen LogP) is 9.54. The maximum Gasteiger partial charge on any atom is 0.333 e. The molecule has 0 radical (unpaired) electrons. The van der Waals surface area contributed by atoms with Gasteiger partial charge in [0.2, 0.25) is 0 Å². The van der Waals surface area contributed by atoms with Gasteiger partial charge in [-0.2, -0.15) is 0 Å². The maximum absolute atomic E-state index is 13.3. The predicted molar refractivity (Wildman–Crippen MR) is 177 cm³/mol. The average Bonchev–Trinajstić information content (AvgIpc) is 3.01. The van der Waals surface area contributed by atoms with Crippen molar-refractivity contribution in [1.29, 1.82) is 0 Å². The Balaban J connectivity index is 1.06. The molecule has 10 aliphatic rings. The molecule has 0 aromatic heterocycles. The highest BCUT2D eigenvalue weighted by Crippen LogP contribution is 2.74. The van der Waals surface area contributed by atoms with Gasteiger partial charge in [0.25, 0.3) is 0 Å². The van der Waals surface area contributed by atoms with Gasteiger partial charge in [-0.3, -0.25) is 0 Å². The van der Waals surface area contributed by atoms with E-state index < -0.39 is 0 Å². The molecule has 2 atom stereocenters. The number of allylic oxidation sites excluding steroid dienone is 1. The highest BCUT2D eigenvalue weighted by atomic mass is 16.6. The zero-order valence-electron chi connectivity index (χ0n) is 28.3. The van der Waals surface area contributed by atoms with Crippen molar-refractivity contribution < 1.29 is 19.1 Å². The van der Waals surface area contributed by atoms with E-state index in [1.54, 1.807) is 0 Å². The van der Waals surface area contributed by atoms with Gasteiger partial charge in [-0.15, -0.1) is 0 Å². The Kier molecular flexibility index (Phi) is 7.17. The van der Waals surface area contributed by atoms with Crippen LogP contribution in [0.4, 0.5) is 0 Å². The van der Waals surface area contributed by atoms with Crippen LogP contribution in [0.15, 0.2) is 37.0 Å². The quantitative estimate of drug-likeness (QED) is 0.163. The molecular weight excluding hydrogens is 556 g/mol. The van der Waals surface area contributed by atoms with E-state index in [1.165, 1.54) is 102 Å². The second kappa shape index (κ2) is 10.6. The molecule has 0 heterocycles. The van der Waals surface area contributed by atoms with Crippen LogP contribution in [-0.2, 0) is 19.1 Å². The minimum atomic E-state index is -0.325. The van der Waals surface area contributed by atoms with E-state index in [0.717, 1.165) is 43.4 Å². The number of carbonyl (C=O) groups excluding carboxylic acids is 2. The summed E-state index contributed by atoms with van der Waals surface area (Å²) < 4.78 is 13.5. The maximum atomic E-state index is 13.3. The first-order valence-corrected chi connectivity index (χ1v) is 18.9. The van der Waals surface area contributed by atoms with Crippen molar-refractivity contribution in [1.82, 2.24) is 0 Å². The fourth-order valence-electron chi connectivity index (χ4n) is 14.7. The lowest BCUT2D eigenvalue weighted by Crippen LogP contribution is -2.69. The van der Waals surface area contributed by atoms with Crippen molar-refractivity contribution in [3.63, 3.8) is 0 Å². The molecule has 0 spiro atoms. The summed E-state index contributed by atoms with van der Waals surface area (Å²) in [5.41, 5.74) is 1.94. The molecule has 45 heavy (non-hydrogen) atoms. The summed E-state index contributed by atoms with van der Waals surface area (Å²) in [6.45, 7) is 16.6. The van der Waals surface area contributed by atoms with E-state index in [-0.39, 0.29) is 23.1 Å². The number of rotatable bonds is 7. The van der Waals surface area contributed by atoms with Crippen LogP contribution in [0, 0.1) is 64.1 Å². The molecule has 0 saturated heterocycles. The Bertz CT molecular complexity index is 1230. The van der Waals surface area contributed by atoms with Gasteiger partial charge in [-0.05, 0) is 175 Å². The van der Waals surface area contributed by atoms with Crippen LogP contribution >= 0.6 is 0 Å². The molecule has 246 valence electrons. The minimum absolute atomic E-state index is 0.164. The monoisotopic (exact) mass is 614 g/mol. The molecule has 10 rings (SSSR count). The van der Waals surface area contributed by atoms with E-state index in [2.05, 4.69) is 26.7 Å². The van der Waals surface area contributed by atoms with E-state index in [9.17, 15) is 9.59 Å². The van der Waals surface area contributed by atoms with E-state index >= 15 is 0 Å². The molecule has 10 aliphatic carbocycles. The van der Waals surface area contributed by atoms with E-state index in [0.29, 0.717) is 51.9 Å². The molecule has 10 fully saturated rings. The summed E-state index contributed by atoms with van der Waals surface area (Å²) in [5.74, 6) is 5.04. The van der Waals surface area contributed by atoms with Crippen molar-refractivity contribution in [3.05, 3.63) is 37.0 Å². The van der Waals surface area contributed by atoms with Gasteiger partial charge in [-0.1, -0.05) is 32.2 Å². The number of hydrogen-bond donors (Lipinski definition) is 0. The van der Waals surface area contributed by atoms with Gasteiger partial charge in [-0.25, -0.2) is 9.59 Å². The van der Waals surface area contributed by atoms with Crippen LogP contribution in [0.5, 0.6) is 0 Å². The van der Waals surface area contributed by atoms with E-state index in [1.807, 2.05) is 6.92 Å². The lowest BCUT2D eigenvalue weighted by atomic mass is 9.36. The third-order valence-corrected chi connectivity index (χ3v) is 16.3. The SMILES string of the molecule is C=CC(=O)OC1(C2CCC(C)(C34CC5CC(C3)C(OC(=O)C(=C)C)(C3CCC(=C)CC3)C(C5)C4)CC2)C2CC3CC(C2)CC1C3. The molecular formula is C41H58O4. The minimum Gasteiger partial charge on any atom is -0.455 e. The largest absolute Gasteiger partial charge is 0.455 e. The molecule has 4 heteroatoms. The smallest absolute Gasteiger partial charge is 0.333 e. The zero-order valence-corrected chi connectivity index (χ0v) is 28.3. The molecule has 0 N–H and O–H groups in total. The van der Waals surface area contributed by atoms with Crippen LogP contribution in [0.2, 0.25) is 0 Å². The number of hydrogen-bond acceptors (Lipinski definition) is 4. The first-order chi connectivity index (χ1) is 21.5. The Morgan fingerprint density at radius 3 is 1.76 bits per heavy atom. The lowest BCUT2D eigenvalue weighted by Gasteiger charge is -2.71. The van der Waals surface area contributed by atoms with Crippen LogP contribution in [0.3, 0.4) is 0 Å². The Morgan fingerprint density at radius 1 is 0.711 bits per heavy atom. The van der Waals surface area contributed by atoms with Gasteiger partial charge >= 0.3 is 11.9 Å². The highest BCUT2D eigenvalue weighted by molar-refractivity contribution is 5.87. The van der Waals surface area contributed by atoms with Crippen molar-refractivity contribution in [2.45, 2.75) is 141 Å². The molecule has 10 saturated carbocycles. The number of carbonyl (C=O) groups is 2. The second-order valence-corrected chi connectivity index (χ2v) is 18.3. The summed E-state index contributed by atoms with van der Waals surface area (Å²) in [6, 6.07) is 0. The standard InChI is InChI=1S/C41H58O4/c1-6-36(42)44-40(32-16-27-15-28(18-32)19-33(40)17-27)31-11-13-38(5,14-12-31)39-22-29-20-34(23-39)41(35(21-29)24-39,45-37(43)25(2)3)30-9-7-26(4)8-10-30/h6,27-35H,1-2,4,7-24H2,3,5H3. The number of esters is 2. The topological polar surface area (TPSA) is 52.6 Å². The van der Waals surface area contributed by atoms with Gasteiger partial charge in [0.15, 0.2) is 0 Å². The third-order valence-electron chi connectivity index (χ3n) is 16.3. The third kappa shape index (κ3) is 4.41. The first kappa shape index (κ1) is 30.5. The van der Waals surface area contributed by atoms with Gasteiger partial charge in [0.1, 0.15) is 11.2 Å². The molecule has 0 amide bonds. The fourth-order valence-corrected chi connectivity index (χ4v) is 14.7. The van der Waals surface area contributed by atoms with Crippen molar-refractivity contribution in [3.8, 4) is 0 Å². The fraction of sp³-hybridized carbons (Fsp3) is 0.805. The molecule has 4 nitrogen and oxygen atoms in total. The summed E-state index contributed by atoms with van der Waals surface area (Å²) in [4.78, 5) is 26.3. The number of ether oxygens (including phenoxy) is 2. The molecule has 2 unspecified atom stereocenters. The molecule has 0 aromatic rings. The zero-order chi connectivity index (χ0) is 31.4. The Labute approximate surface area is 272 Å². The average molecular weight is 615 g/mol. The van der Waals surface area contributed by atoms with Crippen LogP contribution in [-0.4, -0.2) is 23.1 Å². The molecule has 0 aromatic carbocycles.